The Balaban J connectivity index is 1.92. The van der Waals surface area contributed by atoms with Crippen LogP contribution in [0.15, 0.2) is 24.4 Å². The van der Waals surface area contributed by atoms with Gasteiger partial charge in [-0.05, 0) is 62.7 Å². The van der Waals surface area contributed by atoms with Crippen molar-refractivity contribution in [2.75, 3.05) is 32.7 Å². The van der Waals surface area contributed by atoms with Crippen LogP contribution in [0.1, 0.15) is 102 Å². The standard InChI is InChI=1S/C30H48N4O/c1-23(2)13-19-33(20-14-24(3)4)29(35)25-15-21-34-27(22-25)26(28(31-34)30(5,6)7)12-11-18-32-16-9-8-10-17-32/h11-12,15,21-24H,8-10,13-14,16-20H2,1-7H3. The van der Waals surface area contributed by atoms with E-state index in [-0.39, 0.29) is 11.3 Å². The van der Waals surface area contributed by atoms with Crippen LogP contribution in [0, 0.1) is 11.8 Å². The van der Waals surface area contributed by atoms with Crippen LogP contribution in [0.4, 0.5) is 0 Å². The molecule has 1 aliphatic heterocycles. The molecular formula is C30H48N4O. The summed E-state index contributed by atoms with van der Waals surface area (Å²) in [5.74, 6) is 1.29. The van der Waals surface area contributed by atoms with Gasteiger partial charge in [0.2, 0.25) is 0 Å². The summed E-state index contributed by atoms with van der Waals surface area (Å²) >= 11 is 0. The van der Waals surface area contributed by atoms with Crippen molar-refractivity contribution in [2.24, 2.45) is 11.8 Å². The van der Waals surface area contributed by atoms with Crippen LogP contribution in [0.2, 0.25) is 0 Å². The highest BCUT2D eigenvalue weighted by molar-refractivity contribution is 5.96. The molecule has 1 saturated heterocycles. The van der Waals surface area contributed by atoms with Crippen molar-refractivity contribution >= 4 is 17.5 Å². The van der Waals surface area contributed by atoms with Gasteiger partial charge < -0.3 is 4.90 Å². The van der Waals surface area contributed by atoms with Crippen molar-refractivity contribution in [3.05, 3.63) is 41.2 Å². The van der Waals surface area contributed by atoms with Crippen molar-refractivity contribution in [1.82, 2.24) is 19.4 Å². The van der Waals surface area contributed by atoms with Gasteiger partial charge in [0, 0.05) is 42.4 Å². The van der Waals surface area contributed by atoms with E-state index in [1.807, 2.05) is 16.8 Å². The third-order valence-corrected chi connectivity index (χ3v) is 6.97. The van der Waals surface area contributed by atoms with Crippen LogP contribution in [-0.2, 0) is 5.41 Å². The first-order valence-corrected chi connectivity index (χ1v) is 13.8. The molecule has 1 aliphatic rings. The highest BCUT2D eigenvalue weighted by atomic mass is 16.2. The predicted molar refractivity (Wildman–Crippen MR) is 148 cm³/mol. The zero-order valence-electron chi connectivity index (χ0n) is 23.3. The zero-order chi connectivity index (χ0) is 25.6. The molecule has 0 aliphatic carbocycles. The van der Waals surface area contributed by atoms with E-state index in [1.165, 1.54) is 32.4 Å². The fourth-order valence-electron chi connectivity index (χ4n) is 4.70. The minimum atomic E-state index is -0.0818. The lowest BCUT2D eigenvalue weighted by Gasteiger charge is -2.25. The van der Waals surface area contributed by atoms with Crippen LogP contribution in [0.5, 0.6) is 0 Å². The largest absolute Gasteiger partial charge is 0.339 e. The van der Waals surface area contributed by atoms with Gasteiger partial charge in [-0.1, -0.05) is 67.0 Å². The summed E-state index contributed by atoms with van der Waals surface area (Å²) < 4.78 is 1.95. The van der Waals surface area contributed by atoms with Crippen LogP contribution in [0.3, 0.4) is 0 Å². The fourth-order valence-corrected chi connectivity index (χ4v) is 4.70. The van der Waals surface area contributed by atoms with E-state index in [0.29, 0.717) is 11.8 Å². The number of likely N-dealkylation sites (tertiary alicyclic amines) is 1. The highest BCUT2D eigenvalue weighted by Gasteiger charge is 2.24. The van der Waals surface area contributed by atoms with E-state index >= 15 is 0 Å². The third kappa shape index (κ3) is 7.67. The van der Waals surface area contributed by atoms with E-state index < -0.39 is 0 Å². The fraction of sp³-hybridized carbons (Fsp3) is 0.667. The molecule has 5 heteroatoms. The second-order valence-corrected chi connectivity index (χ2v) is 12.2. The SMILES string of the molecule is CC(C)CCN(CCC(C)C)C(=O)c1ccn2nc(C(C)(C)C)c(C=CCN3CCCCC3)c2c1. The normalized spacial score (nSPS) is 15.7. The van der Waals surface area contributed by atoms with Gasteiger partial charge in [-0.2, -0.15) is 5.10 Å². The number of fused-ring (bicyclic) bond motifs is 1. The van der Waals surface area contributed by atoms with Gasteiger partial charge in [-0.15, -0.1) is 0 Å². The minimum Gasteiger partial charge on any atom is -0.339 e. The summed E-state index contributed by atoms with van der Waals surface area (Å²) in [6, 6.07) is 4.00. The number of carbonyl (C=O) groups is 1. The van der Waals surface area contributed by atoms with Gasteiger partial charge in [0.1, 0.15) is 0 Å². The number of hydrogen-bond acceptors (Lipinski definition) is 3. The Morgan fingerprint density at radius 1 is 1.06 bits per heavy atom. The van der Waals surface area contributed by atoms with Crippen LogP contribution >= 0.6 is 0 Å². The maximum absolute atomic E-state index is 13.6. The molecular weight excluding hydrogens is 432 g/mol. The molecule has 0 atom stereocenters. The van der Waals surface area contributed by atoms with Gasteiger partial charge in [0.05, 0.1) is 11.2 Å². The van der Waals surface area contributed by atoms with Gasteiger partial charge in [-0.3, -0.25) is 9.69 Å². The van der Waals surface area contributed by atoms with Gasteiger partial charge in [0.25, 0.3) is 5.91 Å². The Kier molecular flexibility index (Phi) is 9.57. The van der Waals surface area contributed by atoms with Crippen LogP contribution in [0.25, 0.3) is 11.6 Å². The van der Waals surface area contributed by atoms with Crippen molar-refractivity contribution in [2.45, 2.75) is 86.0 Å². The first-order chi connectivity index (χ1) is 16.6. The van der Waals surface area contributed by atoms with E-state index in [9.17, 15) is 4.79 Å². The Bertz CT molecular complexity index is 978. The molecule has 2 aromatic rings. The lowest BCUT2D eigenvalue weighted by atomic mass is 9.89. The number of rotatable bonds is 10. The first kappa shape index (κ1) is 27.4. The van der Waals surface area contributed by atoms with Gasteiger partial charge >= 0.3 is 0 Å². The lowest BCUT2D eigenvalue weighted by molar-refractivity contribution is 0.0741. The molecule has 0 N–H and O–H groups in total. The van der Waals surface area contributed by atoms with E-state index in [2.05, 4.69) is 76.5 Å². The summed E-state index contributed by atoms with van der Waals surface area (Å²) in [5.41, 5.74) is 3.91. The Labute approximate surface area is 213 Å². The molecule has 0 unspecified atom stereocenters. The van der Waals surface area contributed by atoms with Crippen LogP contribution in [-0.4, -0.2) is 58.0 Å². The zero-order valence-corrected chi connectivity index (χ0v) is 23.3. The van der Waals surface area contributed by atoms with Crippen molar-refractivity contribution in [3.63, 3.8) is 0 Å². The molecule has 0 saturated carbocycles. The maximum atomic E-state index is 13.6. The Hall–Kier alpha value is -2.14. The number of aromatic nitrogens is 2. The molecule has 194 valence electrons. The first-order valence-electron chi connectivity index (χ1n) is 13.8. The number of nitrogens with zero attached hydrogens (tertiary/aromatic N) is 4. The second-order valence-electron chi connectivity index (χ2n) is 12.2. The summed E-state index contributed by atoms with van der Waals surface area (Å²) in [6.45, 7) is 20.5. The predicted octanol–water partition coefficient (Wildman–Crippen LogP) is 6.67. The molecule has 2 aromatic heterocycles. The average molecular weight is 481 g/mol. The number of carbonyl (C=O) groups excluding carboxylic acids is 1. The maximum Gasteiger partial charge on any atom is 0.253 e. The summed E-state index contributed by atoms with van der Waals surface area (Å²) in [5, 5.41) is 4.94. The Morgan fingerprint density at radius 2 is 1.69 bits per heavy atom. The molecule has 35 heavy (non-hydrogen) atoms. The highest BCUT2D eigenvalue weighted by Crippen LogP contribution is 2.29. The summed E-state index contributed by atoms with van der Waals surface area (Å²) in [6.07, 6.45) is 12.5. The Morgan fingerprint density at radius 3 is 2.26 bits per heavy atom. The monoisotopic (exact) mass is 480 g/mol. The molecule has 0 aromatic carbocycles. The smallest absolute Gasteiger partial charge is 0.253 e. The number of hydrogen-bond donors (Lipinski definition) is 0. The molecule has 0 bridgehead atoms. The summed E-state index contributed by atoms with van der Waals surface area (Å²) in [4.78, 5) is 18.2. The van der Waals surface area contributed by atoms with Crippen molar-refractivity contribution in [1.29, 1.82) is 0 Å². The van der Waals surface area contributed by atoms with Crippen LogP contribution < -0.4 is 0 Å². The average Bonchev–Trinajstić information content (AvgIpc) is 3.17. The lowest BCUT2D eigenvalue weighted by Crippen LogP contribution is -2.34. The van der Waals surface area contributed by atoms with E-state index in [4.69, 9.17) is 5.10 Å². The van der Waals surface area contributed by atoms with Crippen molar-refractivity contribution in [3.8, 4) is 0 Å². The van der Waals surface area contributed by atoms with E-state index in [1.54, 1.807) is 0 Å². The number of piperidine rings is 1. The number of pyridine rings is 1. The molecule has 3 heterocycles. The van der Waals surface area contributed by atoms with E-state index in [0.717, 1.165) is 54.8 Å². The van der Waals surface area contributed by atoms with Gasteiger partial charge in [-0.25, -0.2) is 4.52 Å². The van der Waals surface area contributed by atoms with Gasteiger partial charge in [0.15, 0.2) is 0 Å². The molecule has 5 nitrogen and oxygen atoms in total. The third-order valence-electron chi connectivity index (χ3n) is 6.97. The molecule has 1 fully saturated rings. The minimum absolute atomic E-state index is 0.0818. The molecule has 0 radical (unpaired) electrons. The topological polar surface area (TPSA) is 40.9 Å². The van der Waals surface area contributed by atoms with Crippen molar-refractivity contribution < 1.29 is 4.79 Å². The second kappa shape index (κ2) is 12.2. The summed E-state index contributed by atoms with van der Waals surface area (Å²) in [7, 11) is 0. The quantitative estimate of drug-likeness (QED) is 0.381. The number of amides is 1. The molecule has 0 spiro atoms. The molecule has 3 rings (SSSR count). The molecule has 1 amide bonds.